The highest BCUT2D eigenvalue weighted by atomic mass is 19.4. The number of anilines is 1. The van der Waals surface area contributed by atoms with E-state index < -0.39 is 29.9 Å². The average molecular weight is 396 g/mol. The summed E-state index contributed by atoms with van der Waals surface area (Å²) in [6.45, 7) is 3.81. The fourth-order valence-electron chi connectivity index (χ4n) is 2.78. The molecule has 1 aromatic carbocycles. The van der Waals surface area contributed by atoms with Gasteiger partial charge in [-0.3, -0.25) is 4.79 Å². The Morgan fingerprint density at radius 3 is 2.64 bits per heavy atom. The van der Waals surface area contributed by atoms with Gasteiger partial charge in [0.2, 0.25) is 11.5 Å². The maximum atomic E-state index is 13.5. The van der Waals surface area contributed by atoms with Crippen LogP contribution in [-0.2, 0) is 17.4 Å². The first-order chi connectivity index (χ1) is 13.0. The lowest BCUT2D eigenvalue weighted by molar-refractivity contribution is -0.270. The number of aliphatic hydroxyl groups is 1. The van der Waals surface area contributed by atoms with Gasteiger partial charge < -0.3 is 19.4 Å². The van der Waals surface area contributed by atoms with Crippen molar-refractivity contribution < 1.29 is 27.5 Å². The molecule has 0 fully saturated rings. The van der Waals surface area contributed by atoms with E-state index in [1.807, 2.05) is 13.8 Å². The molecule has 0 saturated carbocycles. The van der Waals surface area contributed by atoms with E-state index in [4.69, 9.17) is 4.42 Å². The van der Waals surface area contributed by atoms with Gasteiger partial charge in [-0.2, -0.15) is 13.2 Å². The maximum absolute atomic E-state index is 13.5. The molecule has 2 N–H and O–H groups in total. The zero-order valence-corrected chi connectivity index (χ0v) is 15.4. The molecule has 150 valence electrons. The number of rotatable bonds is 5. The molecule has 0 aliphatic carbocycles. The molecule has 0 spiro atoms. The molecule has 2 aromatic heterocycles. The van der Waals surface area contributed by atoms with Crippen molar-refractivity contribution in [3.8, 4) is 0 Å². The minimum Gasteiger partial charge on any atom is -0.440 e. The van der Waals surface area contributed by atoms with Crippen molar-refractivity contribution in [2.45, 2.75) is 38.0 Å². The number of nitrogens with one attached hydrogen (secondary N) is 1. The number of halogens is 3. The summed E-state index contributed by atoms with van der Waals surface area (Å²) in [5, 5.41) is 12.6. The first kappa shape index (κ1) is 19.9. The second-order valence-corrected chi connectivity index (χ2v) is 6.83. The number of carbonyl (C=O) groups is 1. The molecule has 10 heteroatoms. The van der Waals surface area contributed by atoms with Crippen molar-refractivity contribution in [2.24, 2.45) is 7.05 Å². The third kappa shape index (κ3) is 3.59. The summed E-state index contributed by atoms with van der Waals surface area (Å²) < 4.78 is 47.2. The number of carbonyl (C=O) groups excluding carboxylic acids is 1. The minimum atomic E-state index is -5.09. The average Bonchev–Trinajstić information content (AvgIpc) is 3.19. The van der Waals surface area contributed by atoms with Crippen molar-refractivity contribution in [1.29, 1.82) is 0 Å². The summed E-state index contributed by atoms with van der Waals surface area (Å²) in [6.07, 6.45) is -3.95. The van der Waals surface area contributed by atoms with Crippen LogP contribution in [0.4, 0.5) is 18.9 Å². The normalized spacial score (nSPS) is 14.4. The Bertz CT molecular complexity index is 1010. The number of aryl methyl sites for hydroxylation is 1. The molecule has 7 nitrogen and oxygen atoms in total. The second-order valence-electron chi connectivity index (χ2n) is 6.83. The van der Waals surface area contributed by atoms with Gasteiger partial charge in [0.25, 0.3) is 0 Å². The molecule has 0 radical (unpaired) electrons. The van der Waals surface area contributed by atoms with E-state index in [-0.39, 0.29) is 11.6 Å². The quantitative estimate of drug-likeness (QED) is 0.689. The van der Waals surface area contributed by atoms with Crippen LogP contribution in [0.1, 0.15) is 37.9 Å². The molecule has 3 rings (SSSR count). The Morgan fingerprint density at radius 1 is 1.36 bits per heavy atom. The van der Waals surface area contributed by atoms with E-state index in [2.05, 4.69) is 15.3 Å². The number of oxazole rings is 1. The molecule has 2 heterocycles. The van der Waals surface area contributed by atoms with Crippen LogP contribution in [0.15, 0.2) is 35.0 Å². The van der Waals surface area contributed by atoms with E-state index in [0.717, 1.165) is 10.8 Å². The third-order valence-corrected chi connectivity index (χ3v) is 4.26. The monoisotopic (exact) mass is 396 g/mol. The SMILES string of the molecule is CC(C)c1nc2cc(NC(=O)CC(O)(c3nccn3C)C(F)(F)F)ccc2o1. The number of imidazole rings is 1. The van der Waals surface area contributed by atoms with Crippen LogP contribution in [-0.4, -0.2) is 31.7 Å². The molecule has 0 aliphatic rings. The summed E-state index contributed by atoms with van der Waals surface area (Å²) >= 11 is 0. The molecule has 1 atom stereocenters. The first-order valence-electron chi connectivity index (χ1n) is 8.48. The molecule has 1 amide bonds. The van der Waals surface area contributed by atoms with Crippen LogP contribution < -0.4 is 5.32 Å². The standard InChI is InChI=1S/C18H19F3N4O3/c1-10(2)15-24-12-8-11(4-5-13(12)28-15)23-14(26)9-17(27,18(19,20)21)16-22-6-7-25(16)3/h4-8,10,27H,9H2,1-3H3,(H,23,26). The van der Waals surface area contributed by atoms with Gasteiger partial charge in [-0.25, -0.2) is 9.97 Å². The fraction of sp³-hybridized carbons (Fsp3) is 0.389. The van der Waals surface area contributed by atoms with E-state index in [1.165, 1.54) is 25.4 Å². The minimum absolute atomic E-state index is 0.0602. The molecule has 0 aliphatic heterocycles. The second kappa shape index (κ2) is 6.93. The van der Waals surface area contributed by atoms with Gasteiger partial charge in [0.05, 0.1) is 6.42 Å². The smallest absolute Gasteiger partial charge is 0.425 e. The van der Waals surface area contributed by atoms with Gasteiger partial charge in [0.1, 0.15) is 5.52 Å². The Labute approximate surface area is 158 Å². The van der Waals surface area contributed by atoms with Crippen LogP contribution in [0.3, 0.4) is 0 Å². The predicted octanol–water partition coefficient (Wildman–Crippen LogP) is 3.46. The van der Waals surface area contributed by atoms with Crippen LogP contribution in [0.5, 0.6) is 0 Å². The predicted molar refractivity (Wildman–Crippen MR) is 94.5 cm³/mol. The largest absolute Gasteiger partial charge is 0.440 e. The first-order valence-corrected chi connectivity index (χ1v) is 8.48. The summed E-state index contributed by atoms with van der Waals surface area (Å²) in [6, 6.07) is 4.55. The Balaban J connectivity index is 1.83. The van der Waals surface area contributed by atoms with Crippen LogP contribution in [0.2, 0.25) is 0 Å². The van der Waals surface area contributed by atoms with Crippen LogP contribution in [0, 0.1) is 0 Å². The van der Waals surface area contributed by atoms with Gasteiger partial charge in [0.15, 0.2) is 17.3 Å². The summed E-state index contributed by atoms with van der Waals surface area (Å²) in [5.41, 5.74) is -2.21. The molecule has 0 saturated heterocycles. The highest BCUT2D eigenvalue weighted by molar-refractivity contribution is 5.93. The molecule has 3 aromatic rings. The summed E-state index contributed by atoms with van der Waals surface area (Å²) in [4.78, 5) is 20.1. The molecular weight excluding hydrogens is 377 g/mol. The molecular formula is C18H19F3N4O3. The molecule has 1 unspecified atom stereocenters. The van der Waals surface area contributed by atoms with E-state index in [1.54, 1.807) is 6.07 Å². The van der Waals surface area contributed by atoms with Crippen LogP contribution in [0.25, 0.3) is 11.1 Å². The number of fused-ring (bicyclic) bond motifs is 1. The zero-order chi connectivity index (χ0) is 20.7. The number of amides is 1. The molecule has 28 heavy (non-hydrogen) atoms. The van der Waals surface area contributed by atoms with E-state index in [9.17, 15) is 23.1 Å². The number of hydrogen-bond acceptors (Lipinski definition) is 5. The van der Waals surface area contributed by atoms with Crippen molar-refractivity contribution in [3.63, 3.8) is 0 Å². The fourth-order valence-corrected chi connectivity index (χ4v) is 2.78. The van der Waals surface area contributed by atoms with Crippen molar-refractivity contribution in [1.82, 2.24) is 14.5 Å². The number of alkyl halides is 3. The van der Waals surface area contributed by atoms with Crippen molar-refractivity contribution in [3.05, 3.63) is 42.3 Å². The lowest BCUT2D eigenvalue weighted by Crippen LogP contribution is -2.46. The van der Waals surface area contributed by atoms with Crippen molar-refractivity contribution >= 4 is 22.7 Å². The summed E-state index contributed by atoms with van der Waals surface area (Å²) in [5.74, 6) is -1.11. The number of nitrogens with zero attached hydrogens (tertiary/aromatic N) is 3. The maximum Gasteiger partial charge on any atom is 0.425 e. The zero-order valence-electron chi connectivity index (χ0n) is 15.4. The number of hydrogen-bond donors (Lipinski definition) is 2. The Morgan fingerprint density at radius 2 is 2.07 bits per heavy atom. The number of benzene rings is 1. The van der Waals surface area contributed by atoms with Gasteiger partial charge in [-0.05, 0) is 18.2 Å². The topological polar surface area (TPSA) is 93.2 Å². The Kier molecular flexibility index (Phi) is 4.92. The van der Waals surface area contributed by atoms with E-state index in [0.29, 0.717) is 17.0 Å². The lowest BCUT2D eigenvalue weighted by Gasteiger charge is -2.29. The number of aromatic nitrogens is 3. The van der Waals surface area contributed by atoms with E-state index >= 15 is 0 Å². The highest BCUT2D eigenvalue weighted by Gasteiger charge is 2.58. The Hall–Kier alpha value is -2.88. The highest BCUT2D eigenvalue weighted by Crippen LogP contribution is 2.41. The lowest BCUT2D eigenvalue weighted by atomic mass is 9.97. The summed E-state index contributed by atoms with van der Waals surface area (Å²) in [7, 11) is 1.31. The van der Waals surface area contributed by atoms with Crippen molar-refractivity contribution in [2.75, 3.05) is 5.32 Å². The van der Waals surface area contributed by atoms with Gasteiger partial charge in [-0.15, -0.1) is 0 Å². The van der Waals surface area contributed by atoms with Gasteiger partial charge in [0, 0.05) is 31.0 Å². The van der Waals surface area contributed by atoms with Gasteiger partial charge >= 0.3 is 6.18 Å². The molecule has 0 bridgehead atoms. The van der Waals surface area contributed by atoms with Gasteiger partial charge in [-0.1, -0.05) is 13.8 Å². The third-order valence-electron chi connectivity index (χ3n) is 4.26. The van der Waals surface area contributed by atoms with Crippen LogP contribution >= 0.6 is 0 Å².